The molecular weight excluding hydrogens is 292 g/mol. The van der Waals surface area contributed by atoms with Crippen molar-refractivity contribution >= 4 is 16.4 Å². The maximum Gasteiger partial charge on any atom is 2.00 e. The number of hydrogen-bond donors (Lipinski definition) is 2. The first-order valence-corrected chi connectivity index (χ1v) is 4.73. The minimum Gasteiger partial charge on any atom is -0.759 e. The van der Waals surface area contributed by atoms with Gasteiger partial charge in [-0.05, 0) is 12.1 Å². The van der Waals surface area contributed by atoms with Crippen LogP contribution in [-0.4, -0.2) is 33.7 Å². The van der Waals surface area contributed by atoms with Crippen LogP contribution in [0.2, 0.25) is 0 Å². The molecule has 0 aromatic heterocycles. The Morgan fingerprint density at radius 2 is 1.56 bits per heavy atom. The Bertz CT molecular complexity index is 434. The predicted octanol–water partition coefficient (Wildman–Crippen LogP) is -0.250. The molecule has 1 rings (SSSR count). The Morgan fingerprint density at radius 1 is 1.19 bits per heavy atom. The summed E-state index contributed by atoms with van der Waals surface area (Å²) in [7, 11) is -5.17. The molecule has 16 heavy (non-hydrogen) atoms. The third-order valence-corrected chi connectivity index (χ3v) is 1.13. The summed E-state index contributed by atoms with van der Waals surface area (Å²) in [5.74, 6) is -1.31. The first-order chi connectivity index (χ1) is 6.72. The van der Waals surface area contributed by atoms with E-state index in [0.717, 1.165) is 0 Å². The molecule has 0 heterocycles. The summed E-state index contributed by atoms with van der Waals surface area (Å²) in [5.41, 5.74) is -0.0671. The van der Waals surface area contributed by atoms with Crippen molar-refractivity contribution in [2.45, 2.75) is 0 Å². The van der Waals surface area contributed by atoms with E-state index in [2.05, 4.69) is 0 Å². The maximum atomic E-state index is 10.3. The third kappa shape index (κ3) is 9.44. The van der Waals surface area contributed by atoms with Crippen molar-refractivity contribution in [3.8, 4) is 5.75 Å². The molecule has 1 aromatic rings. The van der Waals surface area contributed by atoms with Crippen LogP contribution < -0.4 is 0 Å². The molecule has 0 bridgehead atoms. The summed E-state index contributed by atoms with van der Waals surface area (Å²) in [6, 6.07) is 5.81. The number of para-hydroxylation sites is 1. The van der Waals surface area contributed by atoms with Gasteiger partial charge in [-0.1, -0.05) is 12.1 Å². The van der Waals surface area contributed by atoms with E-state index in [0.29, 0.717) is 0 Å². The standard InChI is InChI=1S/C7H6O3.Cu.H2O4S/c8-6-4-2-1-3-5(6)7(9)10;;1-5(2,3)4/h1-4,8H,(H,9,10);;(H2,1,2,3,4)/q;+2;/p-2. The molecule has 0 aliphatic heterocycles. The molecule has 0 aliphatic carbocycles. The zero-order chi connectivity index (χ0) is 12.1. The largest absolute Gasteiger partial charge is 2.00 e. The van der Waals surface area contributed by atoms with E-state index in [1.165, 1.54) is 12.1 Å². The van der Waals surface area contributed by atoms with Crippen LogP contribution >= 0.6 is 0 Å². The number of benzene rings is 1. The minimum absolute atomic E-state index is 0. The van der Waals surface area contributed by atoms with E-state index in [-0.39, 0.29) is 28.4 Å². The number of carboxylic acid groups (broad SMARTS) is 1. The van der Waals surface area contributed by atoms with Gasteiger partial charge in [-0.15, -0.1) is 0 Å². The topological polar surface area (TPSA) is 138 Å². The summed E-state index contributed by atoms with van der Waals surface area (Å²) in [5, 5.41) is 17.3. The fourth-order valence-electron chi connectivity index (χ4n) is 0.654. The van der Waals surface area contributed by atoms with Crippen LogP contribution in [0, 0.1) is 0 Å². The van der Waals surface area contributed by atoms with Crippen molar-refractivity contribution in [2.75, 3.05) is 0 Å². The molecule has 0 atom stereocenters. The Morgan fingerprint density at radius 3 is 1.81 bits per heavy atom. The summed E-state index contributed by atoms with van der Waals surface area (Å²) in [6.45, 7) is 0. The number of carboxylic acids is 1. The van der Waals surface area contributed by atoms with Crippen LogP contribution in [0.5, 0.6) is 5.75 Å². The zero-order valence-corrected chi connectivity index (χ0v) is 9.21. The number of aromatic hydroxyl groups is 1. The zero-order valence-electron chi connectivity index (χ0n) is 7.45. The van der Waals surface area contributed by atoms with Gasteiger partial charge in [0.1, 0.15) is 11.3 Å². The minimum atomic E-state index is -5.17. The molecule has 0 amide bonds. The molecule has 0 fully saturated rings. The van der Waals surface area contributed by atoms with Gasteiger partial charge in [0.25, 0.3) is 0 Å². The molecule has 0 aliphatic rings. The van der Waals surface area contributed by atoms with Gasteiger partial charge in [0.15, 0.2) is 0 Å². The van der Waals surface area contributed by atoms with Crippen LogP contribution in [0.25, 0.3) is 0 Å². The fraction of sp³-hybridized carbons (Fsp3) is 0. The Labute approximate surface area is 102 Å². The number of carbonyl (C=O) groups is 1. The van der Waals surface area contributed by atoms with Crippen molar-refractivity contribution in [1.29, 1.82) is 0 Å². The molecule has 93 valence electrons. The molecule has 0 unspecified atom stereocenters. The van der Waals surface area contributed by atoms with Crippen LogP contribution in [0.1, 0.15) is 10.4 Å². The van der Waals surface area contributed by atoms with E-state index in [4.69, 9.17) is 27.7 Å². The third-order valence-electron chi connectivity index (χ3n) is 1.13. The SMILES string of the molecule is O=C(O)c1ccccc1O.O=S(=O)([O-])[O-].[Cu+2]. The van der Waals surface area contributed by atoms with Gasteiger partial charge in [0, 0.05) is 10.4 Å². The molecule has 2 N–H and O–H groups in total. The average molecular weight is 298 g/mol. The van der Waals surface area contributed by atoms with Gasteiger partial charge in [-0.2, -0.15) is 0 Å². The normalized spacial score (nSPS) is 9.38. The van der Waals surface area contributed by atoms with Crippen LogP contribution in [0.15, 0.2) is 24.3 Å². The maximum absolute atomic E-state index is 10.3. The van der Waals surface area contributed by atoms with Gasteiger partial charge in [-0.25, -0.2) is 4.79 Å². The first kappa shape index (κ1) is 17.3. The smallest absolute Gasteiger partial charge is 0.759 e. The number of phenols is 1. The number of hydrogen-bond acceptors (Lipinski definition) is 6. The van der Waals surface area contributed by atoms with Crippen molar-refractivity contribution < 1.29 is 49.6 Å². The Balaban J connectivity index is 0. The second-order valence-electron chi connectivity index (χ2n) is 2.23. The van der Waals surface area contributed by atoms with Gasteiger partial charge in [-0.3, -0.25) is 8.42 Å². The van der Waals surface area contributed by atoms with Crippen molar-refractivity contribution in [2.24, 2.45) is 0 Å². The van der Waals surface area contributed by atoms with Crippen LogP contribution in [-0.2, 0) is 27.5 Å². The molecule has 7 nitrogen and oxygen atoms in total. The molecule has 0 saturated heterocycles. The van der Waals surface area contributed by atoms with E-state index < -0.39 is 16.4 Å². The fourth-order valence-corrected chi connectivity index (χ4v) is 0.654. The number of aromatic carboxylic acids is 1. The van der Waals surface area contributed by atoms with Gasteiger partial charge >= 0.3 is 23.0 Å². The molecule has 1 aromatic carbocycles. The molecule has 9 heteroatoms. The van der Waals surface area contributed by atoms with Crippen LogP contribution in [0.3, 0.4) is 0 Å². The Kier molecular flexibility index (Phi) is 7.78. The second kappa shape index (κ2) is 7.20. The average Bonchev–Trinajstić information content (AvgIpc) is 2.01. The van der Waals surface area contributed by atoms with Gasteiger partial charge in [0.2, 0.25) is 0 Å². The molecule has 0 saturated carbocycles. The summed E-state index contributed by atoms with van der Waals surface area (Å²) < 4.78 is 34.1. The van der Waals surface area contributed by atoms with E-state index >= 15 is 0 Å². The molecule has 0 spiro atoms. The van der Waals surface area contributed by atoms with E-state index in [1.54, 1.807) is 12.1 Å². The first-order valence-electron chi connectivity index (χ1n) is 3.40. The predicted molar refractivity (Wildman–Crippen MR) is 45.5 cm³/mol. The summed E-state index contributed by atoms with van der Waals surface area (Å²) in [6.07, 6.45) is 0. The Hall–Kier alpha value is -1.12. The molecule has 1 radical (unpaired) electrons. The van der Waals surface area contributed by atoms with Crippen LogP contribution in [0.4, 0.5) is 0 Å². The van der Waals surface area contributed by atoms with E-state index in [9.17, 15) is 4.79 Å². The number of rotatable bonds is 1. The second-order valence-corrected chi connectivity index (χ2v) is 3.05. The molecular formula is C7H6CuO7S. The van der Waals surface area contributed by atoms with Crippen molar-refractivity contribution in [3.63, 3.8) is 0 Å². The van der Waals surface area contributed by atoms with Gasteiger partial charge in [0.05, 0.1) is 0 Å². The van der Waals surface area contributed by atoms with Crippen molar-refractivity contribution in [1.82, 2.24) is 0 Å². The monoisotopic (exact) mass is 297 g/mol. The summed E-state index contributed by atoms with van der Waals surface area (Å²) in [4.78, 5) is 10.3. The van der Waals surface area contributed by atoms with E-state index in [1.807, 2.05) is 0 Å². The van der Waals surface area contributed by atoms with Gasteiger partial charge < -0.3 is 19.3 Å². The quantitative estimate of drug-likeness (QED) is 0.414. The van der Waals surface area contributed by atoms with Crippen molar-refractivity contribution in [3.05, 3.63) is 29.8 Å². The summed E-state index contributed by atoms with van der Waals surface area (Å²) >= 11 is 0.